The third-order valence-electron chi connectivity index (χ3n) is 4.30. The van der Waals surface area contributed by atoms with Crippen molar-refractivity contribution >= 4 is 17.6 Å². The Morgan fingerprint density at radius 1 is 1.23 bits per heavy atom. The molecule has 2 heterocycles. The lowest BCUT2D eigenvalue weighted by atomic mass is 9.72. The number of hydrogen-bond donors (Lipinski definition) is 2. The van der Waals surface area contributed by atoms with Crippen molar-refractivity contribution in [2.45, 2.75) is 44.6 Å². The predicted molar refractivity (Wildman–Crippen MR) is 84.0 cm³/mol. The summed E-state index contributed by atoms with van der Waals surface area (Å²) >= 11 is 0. The Hall–Kier alpha value is -1.88. The molecule has 1 aromatic rings. The lowest BCUT2D eigenvalue weighted by Gasteiger charge is -2.33. The lowest BCUT2D eigenvalue weighted by molar-refractivity contribution is -0.121. The Bertz CT molecular complexity index is 625. The number of rotatable bonds is 1. The molecular formula is C17H22N2O3. The number of carbonyl (C=O) groups excluding carboxylic acids is 2. The monoisotopic (exact) mass is 302 g/mol. The second kappa shape index (κ2) is 5.09. The van der Waals surface area contributed by atoms with Crippen molar-refractivity contribution in [1.29, 1.82) is 0 Å². The summed E-state index contributed by atoms with van der Waals surface area (Å²) in [7, 11) is 0. The number of carbonyl (C=O) groups is 2. The fraction of sp³-hybridized carbons (Fsp3) is 0.529. The third kappa shape index (κ3) is 2.39. The molecule has 1 amide bonds. The van der Waals surface area contributed by atoms with Crippen molar-refractivity contribution in [2.75, 3.05) is 18.4 Å². The Morgan fingerprint density at radius 2 is 1.91 bits per heavy atom. The first-order chi connectivity index (χ1) is 10.3. The molecule has 0 bridgehead atoms. The molecule has 1 fully saturated rings. The maximum absolute atomic E-state index is 12.6. The summed E-state index contributed by atoms with van der Waals surface area (Å²) in [6.45, 7) is 7.08. The molecule has 0 unspecified atom stereocenters. The maximum Gasteiger partial charge on any atom is 0.339 e. The second-order valence-electron chi connectivity index (χ2n) is 7.02. The second-order valence-corrected chi connectivity index (χ2v) is 7.02. The van der Waals surface area contributed by atoms with Crippen molar-refractivity contribution in [3.05, 3.63) is 29.3 Å². The SMILES string of the molecule is CC(C)(C)OC(=O)c1cccc2c1C1(CCNCC1)C(=O)N2. The molecule has 0 aromatic heterocycles. The fourth-order valence-corrected chi connectivity index (χ4v) is 3.36. The van der Waals surface area contributed by atoms with Gasteiger partial charge in [-0.05, 0) is 58.8 Å². The van der Waals surface area contributed by atoms with E-state index in [2.05, 4.69) is 10.6 Å². The van der Waals surface area contributed by atoms with E-state index >= 15 is 0 Å². The van der Waals surface area contributed by atoms with Gasteiger partial charge in [0.25, 0.3) is 0 Å². The van der Waals surface area contributed by atoms with E-state index in [1.807, 2.05) is 26.8 Å². The predicted octanol–water partition coefficient (Wildman–Crippen LogP) is 2.22. The topological polar surface area (TPSA) is 67.4 Å². The van der Waals surface area contributed by atoms with Crippen LogP contribution in [0.2, 0.25) is 0 Å². The molecule has 0 atom stereocenters. The van der Waals surface area contributed by atoms with Gasteiger partial charge in [-0.2, -0.15) is 0 Å². The molecule has 2 N–H and O–H groups in total. The molecule has 1 spiro atoms. The van der Waals surface area contributed by atoms with E-state index < -0.39 is 11.0 Å². The minimum Gasteiger partial charge on any atom is -0.456 e. The fourth-order valence-electron chi connectivity index (χ4n) is 3.36. The Morgan fingerprint density at radius 3 is 2.55 bits per heavy atom. The van der Waals surface area contributed by atoms with Crippen LogP contribution in [0.3, 0.4) is 0 Å². The van der Waals surface area contributed by atoms with Crippen LogP contribution in [0.25, 0.3) is 0 Å². The average molecular weight is 302 g/mol. The smallest absolute Gasteiger partial charge is 0.339 e. The Kier molecular flexibility index (Phi) is 3.48. The number of ether oxygens (including phenoxy) is 1. The highest BCUT2D eigenvalue weighted by molar-refractivity contribution is 6.10. The standard InChI is InChI=1S/C17H22N2O3/c1-16(2,3)22-14(20)11-5-4-6-12-13(11)17(15(21)19-12)7-9-18-10-8-17/h4-6,18H,7-10H2,1-3H3,(H,19,21). The average Bonchev–Trinajstić information content (AvgIpc) is 2.71. The van der Waals surface area contributed by atoms with Gasteiger partial charge in [-0.1, -0.05) is 6.07 Å². The summed E-state index contributed by atoms with van der Waals surface area (Å²) in [5.74, 6) is -0.362. The van der Waals surface area contributed by atoms with E-state index in [1.54, 1.807) is 12.1 Å². The minimum absolute atomic E-state index is 0.00000803. The molecule has 5 nitrogen and oxygen atoms in total. The van der Waals surface area contributed by atoms with Crippen LogP contribution in [0.4, 0.5) is 5.69 Å². The van der Waals surface area contributed by atoms with Crippen LogP contribution in [-0.2, 0) is 14.9 Å². The number of anilines is 1. The number of amides is 1. The normalized spacial score (nSPS) is 19.7. The van der Waals surface area contributed by atoms with Crippen molar-refractivity contribution in [2.24, 2.45) is 0 Å². The summed E-state index contributed by atoms with van der Waals surface area (Å²) in [6.07, 6.45) is 1.40. The van der Waals surface area contributed by atoms with Gasteiger partial charge >= 0.3 is 5.97 Å². The van der Waals surface area contributed by atoms with Gasteiger partial charge in [-0.3, -0.25) is 4.79 Å². The largest absolute Gasteiger partial charge is 0.456 e. The molecule has 0 saturated carbocycles. The lowest BCUT2D eigenvalue weighted by Crippen LogP contribution is -2.45. The van der Waals surface area contributed by atoms with Gasteiger partial charge in [0, 0.05) is 11.3 Å². The van der Waals surface area contributed by atoms with E-state index in [9.17, 15) is 9.59 Å². The number of nitrogens with one attached hydrogen (secondary N) is 2. The molecule has 0 aliphatic carbocycles. The van der Waals surface area contributed by atoms with Crippen molar-refractivity contribution < 1.29 is 14.3 Å². The zero-order chi connectivity index (χ0) is 16.0. The van der Waals surface area contributed by atoms with E-state index in [0.717, 1.165) is 24.3 Å². The summed E-state index contributed by atoms with van der Waals surface area (Å²) < 4.78 is 5.52. The molecule has 2 aliphatic rings. The van der Waals surface area contributed by atoms with E-state index in [-0.39, 0.29) is 11.9 Å². The van der Waals surface area contributed by atoms with Crippen LogP contribution in [-0.4, -0.2) is 30.6 Å². The molecule has 22 heavy (non-hydrogen) atoms. The number of benzene rings is 1. The number of esters is 1. The van der Waals surface area contributed by atoms with Crippen LogP contribution in [0.15, 0.2) is 18.2 Å². The van der Waals surface area contributed by atoms with Gasteiger partial charge in [-0.15, -0.1) is 0 Å². The van der Waals surface area contributed by atoms with Crippen LogP contribution >= 0.6 is 0 Å². The summed E-state index contributed by atoms with van der Waals surface area (Å²) in [5, 5.41) is 6.22. The number of fused-ring (bicyclic) bond motifs is 2. The molecule has 0 radical (unpaired) electrons. The third-order valence-corrected chi connectivity index (χ3v) is 4.30. The van der Waals surface area contributed by atoms with Crippen LogP contribution in [0.5, 0.6) is 0 Å². The number of hydrogen-bond acceptors (Lipinski definition) is 4. The highest BCUT2D eigenvalue weighted by Crippen LogP contribution is 2.45. The van der Waals surface area contributed by atoms with E-state index in [0.29, 0.717) is 18.4 Å². The van der Waals surface area contributed by atoms with Crippen LogP contribution in [0.1, 0.15) is 49.5 Å². The van der Waals surface area contributed by atoms with E-state index in [4.69, 9.17) is 4.74 Å². The molecule has 3 rings (SSSR count). The van der Waals surface area contributed by atoms with Gasteiger partial charge in [-0.25, -0.2) is 4.79 Å². The van der Waals surface area contributed by atoms with Gasteiger partial charge in [0.05, 0.1) is 11.0 Å². The quantitative estimate of drug-likeness (QED) is 0.781. The molecular weight excluding hydrogens is 280 g/mol. The summed E-state index contributed by atoms with van der Waals surface area (Å²) in [6, 6.07) is 5.41. The molecule has 1 aromatic carbocycles. The highest BCUT2D eigenvalue weighted by atomic mass is 16.6. The maximum atomic E-state index is 12.6. The minimum atomic E-state index is -0.603. The first-order valence-corrected chi connectivity index (χ1v) is 7.72. The van der Waals surface area contributed by atoms with Gasteiger partial charge in [0.1, 0.15) is 5.60 Å². The Labute approximate surface area is 130 Å². The first-order valence-electron chi connectivity index (χ1n) is 7.72. The van der Waals surface area contributed by atoms with Crippen LogP contribution in [0, 0.1) is 0 Å². The molecule has 118 valence electrons. The van der Waals surface area contributed by atoms with Crippen molar-refractivity contribution in [1.82, 2.24) is 5.32 Å². The van der Waals surface area contributed by atoms with Gasteiger partial charge in [0.2, 0.25) is 5.91 Å². The van der Waals surface area contributed by atoms with Crippen molar-refractivity contribution in [3.8, 4) is 0 Å². The Balaban J connectivity index is 2.07. The van der Waals surface area contributed by atoms with Crippen molar-refractivity contribution in [3.63, 3.8) is 0 Å². The van der Waals surface area contributed by atoms with E-state index in [1.165, 1.54) is 0 Å². The molecule has 2 aliphatic heterocycles. The number of piperidine rings is 1. The van der Waals surface area contributed by atoms with Gasteiger partial charge in [0.15, 0.2) is 0 Å². The molecule has 5 heteroatoms. The van der Waals surface area contributed by atoms with Gasteiger partial charge < -0.3 is 15.4 Å². The van der Waals surface area contributed by atoms with Crippen LogP contribution < -0.4 is 10.6 Å². The molecule has 1 saturated heterocycles. The summed E-state index contributed by atoms with van der Waals surface area (Å²) in [4.78, 5) is 25.2. The zero-order valence-electron chi connectivity index (χ0n) is 13.3. The summed E-state index contributed by atoms with van der Waals surface area (Å²) in [5.41, 5.74) is 0.907. The first kappa shape index (κ1) is 15.0. The highest BCUT2D eigenvalue weighted by Gasteiger charge is 2.49. The zero-order valence-corrected chi connectivity index (χ0v) is 13.3.